The van der Waals surface area contributed by atoms with Gasteiger partial charge in [0.1, 0.15) is 18.0 Å². The van der Waals surface area contributed by atoms with E-state index in [4.69, 9.17) is 4.74 Å². The molecule has 1 aromatic heterocycles. The van der Waals surface area contributed by atoms with Crippen molar-refractivity contribution in [3.05, 3.63) is 12.4 Å². The van der Waals surface area contributed by atoms with Gasteiger partial charge in [0.25, 0.3) is 0 Å². The zero-order chi connectivity index (χ0) is 11.2. The monoisotopic (exact) mass is 222 g/mol. The predicted octanol–water partition coefficient (Wildman–Crippen LogP) is 1.50. The van der Waals surface area contributed by atoms with Gasteiger partial charge in [0, 0.05) is 19.2 Å². The first-order valence-corrected chi connectivity index (χ1v) is 5.78. The Morgan fingerprint density at radius 3 is 3.06 bits per heavy atom. The Morgan fingerprint density at radius 2 is 2.31 bits per heavy atom. The molecule has 0 amide bonds. The average molecular weight is 222 g/mol. The highest BCUT2D eigenvalue weighted by molar-refractivity contribution is 5.46. The SMILES string of the molecule is CCNc1cc(NC2CCCOC2)ncn1. The predicted molar refractivity (Wildman–Crippen MR) is 63.7 cm³/mol. The zero-order valence-electron chi connectivity index (χ0n) is 9.57. The quantitative estimate of drug-likeness (QED) is 0.808. The molecule has 0 spiro atoms. The van der Waals surface area contributed by atoms with Crippen molar-refractivity contribution in [3.63, 3.8) is 0 Å². The summed E-state index contributed by atoms with van der Waals surface area (Å²) in [6, 6.07) is 2.30. The lowest BCUT2D eigenvalue weighted by Gasteiger charge is -2.23. The van der Waals surface area contributed by atoms with Gasteiger partial charge in [0.05, 0.1) is 12.6 Å². The van der Waals surface area contributed by atoms with Crippen molar-refractivity contribution in [1.29, 1.82) is 0 Å². The van der Waals surface area contributed by atoms with Gasteiger partial charge < -0.3 is 15.4 Å². The van der Waals surface area contributed by atoms with Crippen molar-refractivity contribution in [2.45, 2.75) is 25.8 Å². The summed E-state index contributed by atoms with van der Waals surface area (Å²) in [6.07, 6.45) is 3.83. The van der Waals surface area contributed by atoms with E-state index in [0.717, 1.165) is 44.2 Å². The highest BCUT2D eigenvalue weighted by Gasteiger charge is 2.13. The van der Waals surface area contributed by atoms with Crippen LogP contribution in [0.5, 0.6) is 0 Å². The number of rotatable bonds is 4. The van der Waals surface area contributed by atoms with Crippen LogP contribution in [-0.4, -0.2) is 35.8 Å². The normalized spacial score (nSPS) is 20.4. The van der Waals surface area contributed by atoms with Gasteiger partial charge in [-0.05, 0) is 19.8 Å². The Bertz CT molecular complexity index is 326. The molecule has 1 fully saturated rings. The number of nitrogens with one attached hydrogen (secondary N) is 2. The van der Waals surface area contributed by atoms with Crippen LogP contribution in [0, 0.1) is 0 Å². The van der Waals surface area contributed by atoms with Crippen LogP contribution in [-0.2, 0) is 4.74 Å². The summed E-state index contributed by atoms with van der Waals surface area (Å²) in [4.78, 5) is 8.33. The topological polar surface area (TPSA) is 59.1 Å². The maximum absolute atomic E-state index is 5.41. The molecule has 88 valence electrons. The summed E-state index contributed by atoms with van der Waals surface area (Å²) in [5.41, 5.74) is 0. The van der Waals surface area contributed by atoms with Crippen LogP contribution in [0.15, 0.2) is 12.4 Å². The van der Waals surface area contributed by atoms with Crippen molar-refractivity contribution in [3.8, 4) is 0 Å². The van der Waals surface area contributed by atoms with Crippen molar-refractivity contribution >= 4 is 11.6 Å². The van der Waals surface area contributed by atoms with Crippen LogP contribution in [0.3, 0.4) is 0 Å². The summed E-state index contributed by atoms with van der Waals surface area (Å²) < 4.78 is 5.41. The van der Waals surface area contributed by atoms with Crippen molar-refractivity contribution in [2.75, 3.05) is 30.4 Å². The third-order valence-corrected chi connectivity index (χ3v) is 2.54. The maximum Gasteiger partial charge on any atom is 0.131 e. The summed E-state index contributed by atoms with van der Waals surface area (Å²) >= 11 is 0. The van der Waals surface area contributed by atoms with E-state index >= 15 is 0 Å². The first kappa shape index (κ1) is 11.1. The molecular weight excluding hydrogens is 204 g/mol. The smallest absolute Gasteiger partial charge is 0.131 e. The summed E-state index contributed by atoms with van der Waals surface area (Å²) in [5, 5.41) is 6.53. The van der Waals surface area contributed by atoms with E-state index in [-0.39, 0.29) is 0 Å². The van der Waals surface area contributed by atoms with E-state index in [1.807, 2.05) is 13.0 Å². The number of aromatic nitrogens is 2. The second-order valence-corrected chi connectivity index (χ2v) is 3.88. The molecule has 1 atom stereocenters. The van der Waals surface area contributed by atoms with Crippen LogP contribution < -0.4 is 10.6 Å². The number of nitrogens with zero attached hydrogens (tertiary/aromatic N) is 2. The van der Waals surface area contributed by atoms with Crippen LogP contribution in [0.4, 0.5) is 11.6 Å². The van der Waals surface area contributed by atoms with E-state index in [0.29, 0.717) is 6.04 Å². The molecule has 2 rings (SSSR count). The minimum atomic E-state index is 0.373. The van der Waals surface area contributed by atoms with Gasteiger partial charge in [-0.3, -0.25) is 0 Å². The van der Waals surface area contributed by atoms with Gasteiger partial charge in [-0.25, -0.2) is 9.97 Å². The first-order chi connectivity index (χ1) is 7.88. The van der Waals surface area contributed by atoms with Crippen molar-refractivity contribution < 1.29 is 4.74 Å². The van der Waals surface area contributed by atoms with Gasteiger partial charge in [-0.1, -0.05) is 0 Å². The molecule has 5 heteroatoms. The lowest BCUT2D eigenvalue weighted by molar-refractivity contribution is 0.0875. The molecule has 0 aliphatic carbocycles. The Balaban J connectivity index is 1.94. The summed E-state index contributed by atoms with van der Waals surface area (Å²) in [6.45, 7) is 4.55. The number of hydrogen-bond acceptors (Lipinski definition) is 5. The molecular formula is C11H18N4O. The van der Waals surface area contributed by atoms with Crippen molar-refractivity contribution in [1.82, 2.24) is 9.97 Å². The molecule has 2 heterocycles. The van der Waals surface area contributed by atoms with Gasteiger partial charge in [0.15, 0.2) is 0 Å². The minimum Gasteiger partial charge on any atom is -0.379 e. The largest absolute Gasteiger partial charge is 0.379 e. The van der Waals surface area contributed by atoms with Gasteiger partial charge >= 0.3 is 0 Å². The van der Waals surface area contributed by atoms with Crippen LogP contribution in [0.2, 0.25) is 0 Å². The second-order valence-electron chi connectivity index (χ2n) is 3.88. The maximum atomic E-state index is 5.41. The van der Waals surface area contributed by atoms with E-state index in [2.05, 4.69) is 20.6 Å². The molecule has 0 aromatic carbocycles. The standard InChI is InChI=1S/C11H18N4O/c1-2-12-10-6-11(14-8-13-10)15-9-4-3-5-16-7-9/h6,8-9H,2-5,7H2,1H3,(H2,12,13,14,15). The second kappa shape index (κ2) is 5.65. The van der Waals surface area contributed by atoms with Gasteiger partial charge in [-0.15, -0.1) is 0 Å². The molecule has 2 N–H and O–H groups in total. The number of hydrogen-bond donors (Lipinski definition) is 2. The fraction of sp³-hybridized carbons (Fsp3) is 0.636. The lowest BCUT2D eigenvalue weighted by atomic mass is 10.1. The molecule has 1 unspecified atom stereocenters. The minimum absolute atomic E-state index is 0.373. The van der Waals surface area contributed by atoms with Gasteiger partial charge in [0.2, 0.25) is 0 Å². The third kappa shape index (κ3) is 3.06. The first-order valence-electron chi connectivity index (χ1n) is 5.78. The highest BCUT2D eigenvalue weighted by atomic mass is 16.5. The van der Waals surface area contributed by atoms with E-state index < -0.39 is 0 Å². The summed E-state index contributed by atoms with van der Waals surface area (Å²) in [5.74, 6) is 1.72. The molecule has 5 nitrogen and oxygen atoms in total. The molecule has 16 heavy (non-hydrogen) atoms. The Labute approximate surface area is 95.6 Å². The number of anilines is 2. The highest BCUT2D eigenvalue weighted by Crippen LogP contribution is 2.14. The van der Waals surface area contributed by atoms with Crippen LogP contribution in [0.1, 0.15) is 19.8 Å². The molecule has 1 aliphatic heterocycles. The zero-order valence-corrected chi connectivity index (χ0v) is 9.57. The Hall–Kier alpha value is -1.36. The Kier molecular flexibility index (Phi) is 3.93. The fourth-order valence-corrected chi connectivity index (χ4v) is 1.78. The molecule has 1 saturated heterocycles. The van der Waals surface area contributed by atoms with Crippen LogP contribution in [0.25, 0.3) is 0 Å². The lowest BCUT2D eigenvalue weighted by Crippen LogP contribution is -2.30. The van der Waals surface area contributed by atoms with E-state index in [9.17, 15) is 0 Å². The Morgan fingerprint density at radius 1 is 1.44 bits per heavy atom. The number of ether oxygens (including phenoxy) is 1. The molecule has 0 saturated carbocycles. The molecule has 1 aromatic rings. The average Bonchev–Trinajstić information content (AvgIpc) is 2.31. The van der Waals surface area contributed by atoms with Crippen molar-refractivity contribution in [2.24, 2.45) is 0 Å². The molecule has 1 aliphatic rings. The van der Waals surface area contributed by atoms with E-state index in [1.54, 1.807) is 6.33 Å². The fourth-order valence-electron chi connectivity index (χ4n) is 1.78. The van der Waals surface area contributed by atoms with Gasteiger partial charge in [-0.2, -0.15) is 0 Å². The third-order valence-electron chi connectivity index (χ3n) is 2.54. The summed E-state index contributed by atoms with van der Waals surface area (Å²) in [7, 11) is 0. The molecule has 0 radical (unpaired) electrons. The van der Waals surface area contributed by atoms with Crippen LogP contribution >= 0.6 is 0 Å². The molecule has 0 bridgehead atoms. The van der Waals surface area contributed by atoms with E-state index in [1.165, 1.54) is 0 Å².